The van der Waals surface area contributed by atoms with E-state index in [1.165, 1.54) is 12.2 Å². The zero-order valence-corrected chi connectivity index (χ0v) is 10.4. The van der Waals surface area contributed by atoms with E-state index >= 15 is 0 Å². The molecule has 1 aliphatic heterocycles. The fourth-order valence-electron chi connectivity index (χ4n) is 1.32. The van der Waals surface area contributed by atoms with Crippen LogP contribution >= 0.6 is 11.8 Å². The Hall–Kier alpha value is -0.620. The third kappa shape index (κ3) is 5.74. The van der Waals surface area contributed by atoms with Crippen LogP contribution in [0.5, 0.6) is 0 Å². The molecule has 1 aliphatic rings. The summed E-state index contributed by atoms with van der Waals surface area (Å²) in [7, 11) is 0. The molecule has 0 aromatic carbocycles. The van der Waals surface area contributed by atoms with Gasteiger partial charge < -0.3 is 4.74 Å². The molecule has 1 rings (SSSR count). The largest absolute Gasteiger partial charge is 0.450 e. The molecule has 1 unspecified atom stereocenters. The highest BCUT2D eigenvalue weighted by Gasteiger charge is 2.15. The van der Waals surface area contributed by atoms with Crippen molar-refractivity contribution < 1.29 is 9.53 Å². The Morgan fingerprint density at radius 3 is 2.73 bits per heavy atom. The smallest absolute Gasteiger partial charge is 0.384 e. The van der Waals surface area contributed by atoms with Crippen molar-refractivity contribution in [3.05, 3.63) is 0 Å². The first-order valence-electron chi connectivity index (χ1n) is 5.29. The van der Waals surface area contributed by atoms with E-state index in [4.69, 9.17) is 4.74 Å². The molecule has 0 amide bonds. The van der Waals surface area contributed by atoms with Crippen LogP contribution in [0.15, 0.2) is 0 Å². The highest BCUT2D eigenvalue weighted by Crippen LogP contribution is 2.21. The summed E-state index contributed by atoms with van der Waals surface area (Å²) in [5.41, 5.74) is -0.437. The summed E-state index contributed by atoms with van der Waals surface area (Å²) in [4.78, 5) is 11.3. The number of hydrogen-bond acceptors (Lipinski definition) is 3. The van der Waals surface area contributed by atoms with Crippen LogP contribution in [-0.2, 0) is 9.53 Å². The van der Waals surface area contributed by atoms with E-state index in [1.54, 1.807) is 0 Å². The lowest BCUT2D eigenvalue weighted by Gasteiger charge is -2.17. The summed E-state index contributed by atoms with van der Waals surface area (Å²) in [6, 6.07) is 0. The number of ether oxygens (including phenoxy) is 1. The first kappa shape index (κ1) is 12.4. The maximum absolute atomic E-state index is 11.3. The molecule has 0 radical (unpaired) electrons. The van der Waals surface area contributed by atoms with E-state index in [0.717, 1.165) is 12.2 Å². The maximum Gasteiger partial charge on any atom is 0.384 e. The fourth-order valence-corrected chi connectivity index (χ4v) is 2.39. The van der Waals surface area contributed by atoms with Gasteiger partial charge in [-0.3, -0.25) is 0 Å². The van der Waals surface area contributed by atoms with Gasteiger partial charge in [0.25, 0.3) is 0 Å². The van der Waals surface area contributed by atoms with Crippen molar-refractivity contribution in [1.82, 2.24) is 0 Å². The standard InChI is InChI=1S/C12H18O2S/c1-12(2,3)14-11(13)7-6-10-5-4-8-15-9-10/h10H,4-5,8-9H2,1-3H3. The van der Waals surface area contributed by atoms with Crippen molar-refractivity contribution in [2.45, 2.75) is 39.2 Å². The third-order valence-corrected chi connectivity index (χ3v) is 3.15. The van der Waals surface area contributed by atoms with Crippen LogP contribution in [0.4, 0.5) is 0 Å². The van der Waals surface area contributed by atoms with Crippen molar-refractivity contribution in [2.75, 3.05) is 11.5 Å². The van der Waals surface area contributed by atoms with Crippen LogP contribution in [-0.4, -0.2) is 23.1 Å². The van der Waals surface area contributed by atoms with Crippen LogP contribution in [0.1, 0.15) is 33.6 Å². The molecule has 84 valence electrons. The van der Waals surface area contributed by atoms with Crippen molar-refractivity contribution in [1.29, 1.82) is 0 Å². The van der Waals surface area contributed by atoms with Gasteiger partial charge in [-0.05, 0) is 39.4 Å². The minimum Gasteiger partial charge on any atom is -0.450 e. The molecule has 0 N–H and O–H groups in total. The summed E-state index contributed by atoms with van der Waals surface area (Å²) < 4.78 is 5.11. The highest BCUT2D eigenvalue weighted by atomic mass is 32.2. The van der Waals surface area contributed by atoms with E-state index in [1.807, 2.05) is 32.5 Å². The molecule has 1 atom stereocenters. The number of hydrogen-bond donors (Lipinski definition) is 0. The van der Waals surface area contributed by atoms with Gasteiger partial charge in [0.15, 0.2) is 0 Å². The molecular weight excluding hydrogens is 208 g/mol. The van der Waals surface area contributed by atoms with Crippen LogP contribution in [0.3, 0.4) is 0 Å². The van der Waals surface area contributed by atoms with E-state index in [2.05, 4.69) is 11.8 Å². The molecule has 0 saturated carbocycles. The summed E-state index contributed by atoms with van der Waals surface area (Å²) in [6.07, 6.45) is 2.32. The zero-order valence-electron chi connectivity index (χ0n) is 9.63. The van der Waals surface area contributed by atoms with Crippen LogP contribution < -0.4 is 0 Å². The molecule has 15 heavy (non-hydrogen) atoms. The second-order valence-corrected chi connectivity index (χ2v) is 5.84. The Balaban J connectivity index is 2.39. The minimum absolute atomic E-state index is 0.372. The van der Waals surface area contributed by atoms with E-state index in [0.29, 0.717) is 5.92 Å². The second kappa shape index (κ2) is 5.46. The molecule has 1 saturated heterocycles. The second-order valence-electron chi connectivity index (χ2n) is 4.69. The van der Waals surface area contributed by atoms with Crippen molar-refractivity contribution in [2.24, 2.45) is 5.92 Å². The van der Waals surface area contributed by atoms with Crippen LogP contribution in [0.2, 0.25) is 0 Å². The predicted molar refractivity (Wildman–Crippen MR) is 63.7 cm³/mol. The number of rotatable bonds is 0. The molecule has 0 spiro atoms. The fraction of sp³-hybridized carbons (Fsp3) is 0.750. The van der Waals surface area contributed by atoms with Gasteiger partial charge in [-0.15, -0.1) is 0 Å². The topological polar surface area (TPSA) is 26.3 Å². The van der Waals surface area contributed by atoms with E-state index in [-0.39, 0.29) is 0 Å². The summed E-state index contributed by atoms with van der Waals surface area (Å²) in [6.45, 7) is 5.55. The minimum atomic E-state index is -0.437. The molecule has 0 aromatic rings. The molecule has 3 heteroatoms. The van der Waals surface area contributed by atoms with Crippen LogP contribution in [0, 0.1) is 17.8 Å². The lowest BCUT2D eigenvalue weighted by atomic mass is 10.1. The average Bonchev–Trinajstić information content (AvgIpc) is 2.14. The molecule has 1 heterocycles. The number of esters is 1. The van der Waals surface area contributed by atoms with Gasteiger partial charge in [0.2, 0.25) is 0 Å². The SMILES string of the molecule is CC(C)(C)OC(=O)C#CC1CCCSC1. The van der Waals surface area contributed by atoms with Crippen molar-refractivity contribution in [3.8, 4) is 11.8 Å². The highest BCUT2D eigenvalue weighted by molar-refractivity contribution is 7.99. The van der Waals surface area contributed by atoms with Crippen molar-refractivity contribution in [3.63, 3.8) is 0 Å². The quantitative estimate of drug-likeness (QED) is 0.360. The lowest BCUT2D eigenvalue weighted by molar-refractivity contribution is -0.147. The van der Waals surface area contributed by atoms with Crippen LogP contribution in [0.25, 0.3) is 0 Å². The number of carbonyl (C=O) groups excluding carboxylic acids is 1. The van der Waals surface area contributed by atoms with E-state index < -0.39 is 11.6 Å². The molecule has 2 nitrogen and oxygen atoms in total. The Morgan fingerprint density at radius 2 is 2.20 bits per heavy atom. The van der Waals surface area contributed by atoms with Gasteiger partial charge in [0, 0.05) is 17.6 Å². The molecule has 1 fully saturated rings. The normalized spacial score (nSPS) is 21.4. The summed E-state index contributed by atoms with van der Waals surface area (Å²) in [5, 5.41) is 0. The van der Waals surface area contributed by atoms with Gasteiger partial charge in [0.05, 0.1) is 0 Å². The van der Waals surface area contributed by atoms with Gasteiger partial charge in [0.1, 0.15) is 5.60 Å². The number of carbonyl (C=O) groups is 1. The van der Waals surface area contributed by atoms with E-state index in [9.17, 15) is 4.79 Å². The molecule has 0 bridgehead atoms. The molecule has 0 aliphatic carbocycles. The molecular formula is C12H18O2S. The first-order chi connectivity index (χ1) is 6.97. The third-order valence-electron chi connectivity index (χ3n) is 1.94. The Kier molecular flexibility index (Phi) is 4.53. The van der Waals surface area contributed by atoms with Gasteiger partial charge in [-0.25, -0.2) is 4.79 Å². The predicted octanol–water partition coefficient (Wildman–Crippen LogP) is 2.47. The monoisotopic (exact) mass is 226 g/mol. The van der Waals surface area contributed by atoms with Gasteiger partial charge in [-0.1, -0.05) is 5.92 Å². The Bertz CT molecular complexity index is 274. The van der Waals surface area contributed by atoms with Gasteiger partial charge >= 0.3 is 5.97 Å². The van der Waals surface area contributed by atoms with Gasteiger partial charge in [-0.2, -0.15) is 11.8 Å². The molecule has 0 aromatic heterocycles. The first-order valence-corrected chi connectivity index (χ1v) is 6.45. The Labute approximate surface area is 96.1 Å². The average molecular weight is 226 g/mol. The summed E-state index contributed by atoms with van der Waals surface area (Å²) in [5.74, 6) is 7.83. The summed E-state index contributed by atoms with van der Waals surface area (Å²) >= 11 is 1.91. The lowest BCUT2D eigenvalue weighted by Crippen LogP contribution is -2.23. The maximum atomic E-state index is 11.3. The zero-order chi connectivity index (χ0) is 11.3. The Morgan fingerprint density at radius 1 is 1.47 bits per heavy atom. The number of thioether (sulfide) groups is 1. The van der Waals surface area contributed by atoms with Crippen molar-refractivity contribution >= 4 is 17.7 Å².